The summed E-state index contributed by atoms with van der Waals surface area (Å²) in [6, 6.07) is 3.86. The first-order valence-corrected chi connectivity index (χ1v) is 8.78. The van der Waals surface area contributed by atoms with Crippen molar-refractivity contribution in [3.63, 3.8) is 0 Å². The molecule has 6 nitrogen and oxygen atoms in total. The van der Waals surface area contributed by atoms with Crippen molar-refractivity contribution >= 4 is 31.9 Å². The van der Waals surface area contributed by atoms with Crippen LogP contribution < -0.4 is 4.72 Å². The van der Waals surface area contributed by atoms with E-state index >= 15 is 0 Å². The number of halogens is 1. The lowest BCUT2D eigenvalue weighted by Gasteiger charge is -2.13. The molecule has 1 saturated carbocycles. The molecule has 1 aliphatic rings. The summed E-state index contributed by atoms with van der Waals surface area (Å²) in [4.78, 5) is 10.8. The number of aliphatic hydroxyl groups excluding tert-OH is 1. The second kappa shape index (κ2) is 6.43. The number of benzene rings is 1. The minimum Gasteiger partial charge on any atom is -0.478 e. The number of aromatic carboxylic acids is 1. The molecule has 2 rings (SSSR count). The molecule has 0 spiro atoms. The standard InChI is InChI=1S/C13H16BrNO5S/c14-11-4-2-9(13(17)18)6-12(11)21(19,20)15-7-8-1-3-10(16)5-8/h2,4,6,8,10,15-16H,1,3,5,7H2,(H,17,18). The fourth-order valence-electron chi connectivity index (χ4n) is 2.38. The number of carboxylic acid groups (broad SMARTS) is 1. The Labute approximate surface area is 131 Å². The smallest absolute Gasteiger partial charge is 0.335 e. The third-order valence-corrected chi connectivity index (χ3v) is 5.96. The van der Waals surface area contributed by atoms with Crippen molar-refractivity contribution in [1.82, 2.24) is 4.72 Å². The first-order valence-electron chi connectivity index (χ1n) is 6.50. The van der Waals surface area contributed by atoms with Gasteiger partial charge in [0, 0.05) is 11.0 Å². The van der Waals surface area contributed by atoms with Gasteiger partial charge < -0.3 is 10.2 Å². The SMILES string of the molecule is O=C(O)c1ccc(Br)c(S(=O)(=O)NCC2CCC(O)C2)c1. The molecule has 21 heavy (non-hydrogen) atoms. The largest absolute Gasteiger partial charge is 0.478 e. The van der Waals surface area contributed by atoms with Crippen LogP contribution in [0.15, 0.2) is 27.6 Å². The van der Waals surface area contributed by atoms with Crippen LogP contribution in [-0.2, 0) is 10.0 Å². The highest BCUT2D eigenvalue weighted by Crippen LogP contribution is 2.26. The molecule has 116 valence electrons. The highest BCUT2D eigenvalue weighted by Gasteiger charge is 2.26. The highest BCUT2D eigenvalue weighted by molar-refractivity contribution is 9.10. The van der Waals surface area contributed by atoms with E-state index in [9.17, 15) is 18.3 Å². The number of hydrogen-bond donors (Lipinski definition) is 3. The Morgan fingerprint density at radius 3 is 2.67 bits per heavy atom. The van der Waals surface area contributed by atoms with Crippen molar-refractivity contribution in [1.29, 1.82) is 0 Å². The van der Waals surface area contributed by atoms with E-state index in [4.69, 9.17) is 5.11 Å². The van der Waals surface area contributed by atoms with Crippen LogP contribution in [0.1, 0.15) is 29.6 Å². The molecular weight excluding hydrogens is 362 g/mol. The van der Waals surface area contributed by atoms with E-state index in [-0.39, 0.29) is 29.0 Å². The molecule has 0 amide bonds. The van der Waals surface area contributed by atoms with Gasteiger partial charge in [0.2, 0.25) is 10.0 Å². The molecular formula is C13H16BrNO5S. The fourth-order valence-corrected chi connectivity index (χ4v) is 4.49. The fraction of sp³-hybridized carbons (Fsp3) is 0.462. The first-order chi connectivity index (χ1) is 9.79. The number of rotatable bonds is 5. The Hall–Kier alpha value is -0.960. The van der Waals surface area contributed by atoms with Crippen LogP contribution in [0.2, 0.25) is 0 Å². The summed E-state index contributed by atoms with van der Waals surface area (Å²) in [6.45, 7) is 0.239. The van der Waals surface area contributed by atoms with Crippen LogP contribution in [0.3, 0.4) is 0 Å². The van der Waals surface area contributed by atoms with E-state index in [0.29, 0.717) is 17.3 Å². The van der Waals surface area contributed by atoms with E-state index in [0.717, 1.165) is 12.5 Å². The molecule has 0 aromatic heterocycles. The van der Waals surface area contributed by atoms with Crippen molar-refractivity contribution < 1.29 is 23.4 Å². The zero-order valence-electron chi connectivity index (χ0n) is 11.1. The molecule has 2 atom stereocenters. The van der Waals surface area contributed by atoms with Gasteiger partial charge in [-0.1, -0.05) is 0 Å². The quantitative estimate of drug-likeness (QED) is 0.722. The minimum absolute atomic E-state index is 0.0881. The van der Waals surface area contributed by atoms with Gasteiger partial charge in [0.1, 0.15) is 0 Å². The van der Waals surface area contributed by atoms with E-state index < -0.39 is 16.0 Å². The lowest BCUT2D eigenvalue weighted by Crippen LogP contribution is -2.29. The lowest BCUT2D eigenvalue weighted by atomic mass is 10.1. The number of aliphatic hydroxyl groups is 1. The van der Waals surface area contributed by atoms with Crippen molar-refractivity contribution in [3.8, 4) is 0 Å². The Bertz CT molecular complexity index is 646. The molecule has 1 aromatic rings. The summed E-state index contributed by atoms with van der Waals surface area (Å²) in [5.41, 5.74) is -0.0881. The van der Waals surface area contributed by atoms with Gasteiger partial charge in [0.25, 0.3) is 0 Å². The second-order valence-electron chi connectivity index (χ2n) is 5.14. The number of carboxylic acids is 1. The van der Waals surface area contributed by atoms with Crippen LogP contribution in [-0.4, -0.2) is 37.2 Å². The predicted octanol–water partition coefficient (Wildman–Crippen LogP) is 1.59. The summed E-state index contributed by atoms with van der Waals surface area (Å²) >= 11 is 3.13. The van der Waals surface area contributed by atoms with Crippen LogP contribution in [0.4, 0.5) is 0 Å². The summed E-state index contributed by atoms with van der Waals surface area (Å²) in [5.74, 6) is -1.07. The molecule has 8 heteroatoms. The normalized spacial score (nSPS) is 22.4. The topological polar surface area (TPSA) is 104 Å². The average Bonchev–Trinajstić information content (AvgIpc) is 2.82. The van der Waals surface area contributed by atoms with Gasteiger partial charge in [0.15, 0.2) is 0 Å². The summed E-state index contributed by atoms with van der Waals surface area (Å²) in [6.07, 6.45) is 1.69. The molecule has 1 aliphatic carbocycles. The maximum absolute atomic E-state index is 12.3. The zero-order chi connectivity index (χ0) is 15.6. The van der Waals surface area contributed by atoms with Gasteiger partial charge in [-0.05, 0) is 59.3 Å². The Morgan fingerprint density at radius 1 is 1.38 bits per heavy atom. The second-order valence-corrected chi connectivity index (χ2v) is 7.72. The first kappa shape index (κ1) is 16.4. The van der Waals surface area contributed by atoms with Gasteiger partial charge in [0.05, 0.1) is 16.6 Å². The molecule has 0 aliphatic heterocycles. The summed E-state index contributed by atoms with van der Waals surface area (Å²) in [7, 11) is -3.79. The number of nitrogens with one attached hydrogen (secondary N) is 1. The summed E-state index contributed by atoms with van der Waals surface area (Å²) < 4.78 is 27.3. The van der Waals surface area contributed by atoms with Crippen LogP contribution in [0.5, 0.6) is 0 Å². The number of carbonyl (C=O) groups is 1. The molecule has 3 N–H and O–H groups in total. The zero-order valence-corrected chi connectivity index (χ0v) is 13.5. The molecule has 0 heterocycles. The van der Waals surface area contributed by atoms with Crippen molar-refractivity contribution in [2.24, 2.45) is 5.92 Å². The monoisotopic (exact) mass is 377 g/mol. The molecule has 0 bridgehead atoms. The van der Waals surface area contributed by atoms with Crippen molar-refractivity contribution in [2.75, 3.05) is 6.54 Å². The maximum atomic E-state index is 12.3. The van der Waals surface area contributed by atoms with Crippen LogP contribution in [0.25, 0.3) is 0 Å². The molecule has 1 aromatic carbocycles. The van der Waals surface area contributed by atoms with Gasteiger partial charge >= 0.3 is 5.97 Å². The lowest BCUT2D eigenvalue weighted by molar-refractivity contribution is 0.0696. The van der Waals surface area contributed by atoms with Crippen LogP contribution >= 0.6 is 15.9 Å². The third kappa shape index (κ3) is 4.03. The summed E-state index contributed by atoms with van der Waals surface area (Å²) in [5, 5.41) is 18.4. The minimum atomic E-state index is -3.79. The molecule has 0 saturated heterocycles. The van der Waals surface area contributed by atoms with Crippen molar-refractivity contribution in [2.45, 2.75) is 30.3 Å². The van der Waals surface area contributed by atoms with Gasteiger partial charge in [-0.3, -0.25) is 0 Å². The van der Waals surface area contributed by atoms with E-state index in [2.05, 4.69) is 20.7 Å². The van der Waals surface area contributed by atoms with Gasteiger partial charge in [-0.2, -0.15) is 0 Å². The Kier molecular flexibility index (Phi) is 5.03. The van der Waals surface area contributed by atoms with Gasteiger partial charge in [-0.15, -0.1) is 0 Å². The number of sulfonamides is 1. The number of hydrogen-bond acceptors (Lipinski definition) is 4. The molecule has 2 unspecified atom stereocenters. The van der Waals surface area contributed by atoms with E-state index in [1.54, 1.807) is 0 Å². The Morgan fingerprint density at radius 2 is 2.10 bits per heavy atom. The Balaban J connectivity index is 2.15. The molecule has 1 fully saturated rings. The van der Waals surface area contributed by atoms with Crippen molar-refractivity contribution in [3.05, 3.63) is 28.2 Å². The van der Waals surface area contributed by atoms with Crippen LogP contribution in [0, 0.1) is 5.92 Å². The highest BCUT2D eigenvalue weighted by atomic mass is 79.9. The van der Waals surface area contributed by atoms with Gasteiger partial charge in [-0.25, -0.2) is 17.9 Å². The average molecular weight is 378 g/mol. The predicted molar refractivity (Wildman–Crippen MR) is 79.6 cm³/mol. The molecule has 0 radical (unpaired) electrons. The maximum Gasteiger partial charge on any atom is 0.335 e. The van der Waals surface area contributed by atoms with E-state index in [1.165, 1.54) is 12.1 Å². The third-order valence-electron chi connectivity index (χ3n) is 3.54. The van der Waals surface area contributed by atoms with E-state index in [1.807, 2.05) is 0 Å².